The average molecular weight is 388 g/mol. The average Bonchev–Trinajstić information content (AvgIpc) is 3.32. The molecule has 0 spiro atoms. The van der Waals surface area contributed by atoms with Gasteiger partial charge in [-0.15, -0.1) is 11.3 Å². The van der Waals surface area contributed by atoms with E-state index in [4.69, 9.17) is 4.74 Å². The highest BCUT2D eigenvalue weighted by molar-refractivity contribution is 7.21. The zero-order valence-corrected chi connectivity index (χ0v) is 15.7. The summed E-state index contributed by atoms with van der Waals surface area (Å²) in [6.45, 7) is 0. The topological polar surface area (TPSA) is 84.8 Å². The van der Waals surface area contributed by atoms with Gasteiger partial charge in [0.1, 0.15) is 16.4 Å². The van der Waals surface area contributed by atoms with Crippen molar-refractivity contribution in [1.29, 1.82) is 0 Å². The number of hydrazone groups is 1. The lowest BCUT2D eigenvalue weighted by molar-refractivity contribution is 0.187. The molecule has 3 aromatic rings. The number of carbonyl (C=O) groups excluding carboxylic acids is 1. The summed E-state index contributed by atoms with van der Waals surface area (Å²) in [5.41, 5.74) is 4.40. The molecule has 0 fully saturated rings. The van der Waals surface area contributed by atoms with Crippen molar-refractivity contribution in [3.05, 3.63) is 47.3 Å². The van der Waals surface area contributed by atoms with E-state index in [1.807, 2.05) is 41.8 Å². The number of para-hydroxylation sites is 1. The quantitative estimate of drug-likeness (QED) is 0.480. The van der Waals surface area contributed by atoms with Gasteiger partial charge in [0, 0.05) is 5.56 Å². The summed E-state index contributed by atoms with van der Waals surface area (Å²) in [5.74, 6) is 0.726. The molecule has 0 radical (unpaired) electrons. The monoisotopic (exact) mass is 388 g/mol. The highest BCUT2D eigenvalue weighted by Gasteiger charge is 2.16. The second-order valence-corrected chi connectivity index (χ2v) is 6.85. The summed E-state index contributed by atoms with van der Waals surface area (Å²) in [7, 11) is 2.93. The van der Waals surface area contributed by atoms with E-state index < -0.39 is 6.09 Å². The molecule has 26 heavy (non-hydrogen) atoms. The lowest BCUT2D eigenvalue weighted by Crippen LogP contribution is -2.10. The number of benzene rings is 1. The van der Waals surface area contributed by atoms with E-state index in [1.54, 1.807) is 13.3 Å². The van der Waals surface area contributed by atoms with E-state index in [0.717, 1.165) is 16.2 Å². The van der Waals surface area contributed by atoms with Gasteiger partial charge in [-0.05, 0) is 23.6 Å². The maximum atomic E-state index is 11.6. The summed E-state index contributed by atoms with van der Waals surface area (Å²) in [6.07, 6.45) is 1.11. The van der Waals surface area contributed by atoms with E-state index >= 15 is 0 Å². The Balaban J connectivity index is 1.81. The molecule has 1 aromatic carbocycles. The molecule has 0 aliphatic heterocycles. The van der Waals surface area contributed by atoms with E-state index in [0.29, 0.717) is 15.8 Å². The molecule has 7 nitrogen and oxygen atoms in total. The van der Waals surface area contributed by atoms with Gasteiger partial charge in [-0.25, -0.2) is 9.78 Å². The first-order valence-electron chi connectivity index (χ1n) is 7.53. The Morgan fingerprint density at radius 2 is 2.08 bits per heavy atom. The van der Waals surface area contributed by atoms with Crippen LogP contribution in [-0.2, 0) is 4.74 Å². The second kappa shape index (κ2) is 8.45. The molecule has 0 atom stereocenters. The van der Waals surface area contributed by atoms with Crippen molar-refractivity contribution in [2.75, 3.05) is 25.0 Å². The van der Waals surface area contributed by atoms with Crippen LogP contribution in [0.5, 0.6) is 5.75 Å². The Bertz CT molecular complexity index is 907. The van der Waals surface area contributed by atoms with Crippen molar-refractivity contribution in [2.24, 2.45) is 5.10 Å². The Morgan fingerprint density at radius 3 is 2.81 bits per heavy atom. The first-order chi connectivity index (χ1) is 12.7. The fraction of sp³-hybridized carbons (Fsp3) is 0.118. The number of aromatic nitrogens is 1. The van der Waals surface area contributed by atoms with Crippen LogP contribution in [0.4, 0.5) is 14.9 Å². The van der Waals surface area contributed by atoms with Gasteiger partial charge < -0.3 is 9.47 Å². The Labute approximate surface area is 158 Å². The van der Waals surface area contributed by atoms with E-state index in [2.05, 4.69) is 25.6 Å². The SMILES string of the molecule is COC(=O)Nc1sc(NN=Cc2ccccc2OC)nc1-c1cccs1. The van der Waals surface area contributed by atoms with Crippen molar-refractivity contribution >= 4 is 45.1 Å². The lowest BCUT2D eigenvalue weighted by atomic mass is 10.2. The molecule has 0 aliphatic carbocycles. The van der Waals surface area contributed by atoms with Crippen molar-refractivity contribution in [3.8, 4) is 16.3 Å². The summed E-state index contributed by atoms with van der Waals surface area (Å²) >= 11 is 2.81. The van der Waals surface area contributed by atoms with Crippen LogP contribution in [0.2, 0.25) is 0 Å². The fourth-order valence-electron chi connectivity index (χ4n) is 2.11. The minimum Gasteiger partial charge on any atom is -0.496 e. The molecule has 1 amide bonds. The third kappa shape index (κ3) is 4.19. The second-order valence-electron chi connectivity index (χ2n) is 4.90. The summed E-state index contributed by atoms with van der Waals surface area (Å²) in [4.78, 5) is 17.0. The van der Waals surface area contributed by atoms with E-state index in [1.165, 1.54) is 29.8 Å². The highest BCUT2D eigenvalue weighted by Crippen LogP contribution is 2.38. The highest BCUT2D eigenvalue weighted by atomic mass is 32.1. The van der Waals surface area contributed by atoms with Crippen molar-refractivity contribution < 1.29 is 14.3 Å². The number of hydrogen-bond donors (Lipinski definition) is 2. The van der Waals surface area contributed by atoms with Crippen LogP contribution in [0.25, 0.3) is 10.6 Å². The van der Waals surface area contributed by atoms with Crippen LogP contribution in [0.15, 0.2) is 46.9 Å². The maximum Gasteiger partial charge on any atom is 0.412 e. The van der Waals surface area contributed by atoms with Crippen LogP contribution in [0.3, 0.4) is 0 Å². The number of thiazole rings is 1. The number of rotatable bonds is 6. The van der Waals surface area contributed by atoms with Crippen LogP contribution >= 0.6 is 22.7 Å². The third-order valence-electron chi connectivity index (χ3n) is 3.29. The van der Waals surface area contributed by atoms with Gasteiger partial charge in [-0.1, -0.05) is 29.5 Å². The number of ether oxygens (including phenoxy) is 2. The van der Waals surface area contributed by atoms with Crippen molar-refractivity contribution in [3.63, 3.8) is 0 Å². The fourth-order valence-corrected chi connectivity index (χ4v) is 3.71. The zero-order valence-electron chi connectivity index (χ0n) is 14.1. The minimum absolute atomic E-state index is 0.546. The summed E-state index contributed by atoms with van der Waals surface area (Å²) in [6, 6.07) is 11.4. The molecule has 134 valence electrons. The van der Waals surface area contributed by atoms with Gasteiger partial charge in [0.15, 0.2) is 0 Å². The third-order valence-corrected chi connectivity index (χ3v) is 5.04. The Hall–Kier alpha value is -2.91. The van der Waals surface area contributed by atoms with E-state index in [9.17, 15) is 4.79 Å². The maximum absolute atomic E-state index is 11.6. The number of nitrogens with one attached hydrogen (secondary N) is 2. The molecular weight excluding hydrogens is 372 g/mol. The van der Waals surface area contributed by atoms with Crippen molar-refractivity contribution in [1.82, 2.24) is 4.98 Å². The molecule has 3 rings (SSSR count). The first-order valence-corrected chi connectivity index (χ1v) is 9.22. The van der Waals surface area contributed by atoms with Crippen LogP contribution < -0.4 is 15.5 Å². The molecular formula is C17H16N4O3S2. The predicted octanol–water partition coefficient (Wildman–Crippen LogP) is 4.50. The van der Waals surface area contributed by atoms with Crippen LogP contribution in [0.1, 0.15) is 5.56 Å². The number of amides is 1. The minimum atomic E-state index is -0.546. The number of methoxy groups -OCH3 is 2. The van der Waals surface area contributed by atoms with Gasteiger partial charge in [0.25, 0.3) is 0 Å². The summed E-state index contributed by atoms with van der Waals surface area (Å²) in [5, 5.41) is 9.98. The van der Waals surface area contributed by atoms with Gasteiger partial charge >= 0.3 is 6.09 Å². The number of anilines is 2. The van der Waals surface area contributed by atoms with Crippen LogP contribution in [0, 0.1) is 0 Å². The largest absolute Gasteiger partial charge is 0.496 e. The normalized spacial score (nSPS) is 10.7. The molecule has 9 heteroatoms. The predicted molar refractivity (Wildman–Crippen MR) is 106 cm³/mol. The molecule has 0 saturated heterocycles. The first kappa shape index (κ1) is 17.9. The zero-order chi connectivity index (χ0) is 18.4. The van der Waals surface area contributed by atoms with Crippen LogP contribution in [-0.4, -0.2) is 31.5 Å². The molecule has 0 bridgehead atoms. The molecule has 2 heterocycles. The Kier molecular flexibility index (Phi) is 5.82. The number of hydrogen-bond acceptors (Lipinski definition) is 8. The summed E-state index contributed by atoms with van der Waals surface area (Å²) < 4.78 is 9.95. The Morgan fingerprint density at radius 1 is 1.23 bits per heavy atom. The lowest BCUT2D eigenvalue weighted by Gasteiger charge is -2.02. The van der Waals surface area contributed by atoms with Gasteiger partial charge in [0.05, 0.1) is 25.3 Å². The van der Waals surface area contributed by atoms with Gasteiger partial charge in [-0.3, -0.25) is 10.7 Å². The van der Waals surface area contributed by atoms with Crippen molar-refractivity contribution in [2.45, 2.75) is 0 Å². The molecule has 2 aromatic heterocycles. The number of thiophene rings is 1. The standard InChI is InChI=1S/C17H16N4O3S2/c1-23-12-7-4-3-6-11(12)10-18-21-16-19-14(13-8-5-9-25-13)15(26-16)20-17(22)24-2/h3-10H,1-2H3,(H,19,21)(H,20,22). The van der Waals surface area contributed by atoms with Gasteiger partial charge in [-0.2, -0.15) is 5.10 Å². The van der Waals surface area contributed by atoms with E-state index in [-0.39, 0.29) is 0 Å². The molecule has 2 N–H and O–H groups in total. The molecule has 0 saturated carbocycles. The smallest absolute Gasteiger partial charge is 0.412 e. The molecule has 0 aliphatic rings. The van der Waals surface area contributed by atoms with Gasteiger partial charge in [0.2, 0.25) is 5.13 Å². The molecule has 0 unspecified atom stereocenters. The number of nitrogens with zero attached hydrogens (tertiary/aromatic N) is 2. The number of carbonyl (C=O) groups is 1.